The second-order valence-corrected chi connectivity index (χ2v) is 8.40. The van der Waals surface area contributed by atoms with Gasteiger partial charge < -0.3 is 0 Å². The summed E-state index contributed by atoms with van der Waals surface area (Å²) in [6.45, 7) is 1.64. The van der Waals surface area contributed by atoms with E-state index in [2.05, 4.69) is 15.2 Å². The molecule has 0 radical (unpaired) electrons. The molecule has 0 aromatic heterocycles. The molecular formula is C20H16ClFN4O4S. The summed E-state index contributed by atoms with van der Waals surface area (Å²) in [6, 6.07) is 15.1. The SMILES string of the molecule is CC(=NNc1ccc([N+](=O)[O-])cc1S(=O)(=O)Nc1ccccc1Cl)c1ccc(F)cc1. The summed E-state index contributed by atoms with van der Waals surface area (Å²) in [5.74, 6) is -0.404. The van der Waals surface area contributed by atoms with Crippen LogP contribution in [0.3, 0.4) is 0 Å². The number of nitrogens with one attached hydrogen (secondary N) is 2. The van der Waals surface area contributed by atoms with Crippen LogP contribution in [0.15, 0.2) is 76.7 Å². The van der Waals surface area contributed by atoms with Crippen LogP contribution in [0.2, 0.25) is 5.02 Å². The van der Waals surface area contributed by atoms with Gasteiger partial charge in [0.2, 0.25) is 0 Å². The van der Waals surface area contributed by atoms with Crippen LogP contribution < -0.4 is 10.1 Å². The highest BCUT2D eigenvalue weighted by molar-refractivity contribution is 7.93. The molecule has 0 saturated carbocycles. The molecule has 3 rings (SSSR count). The van der Waals surface area contributed by atoms with Gasteiger partial charge in [-0.05, 0) is 42.8 Å². The lowest BCUT2D eigenvalue weighted by Crippen LogP contribution is -2.15. The Kier molecular flexibility index (Phi) is 6.52. The van der Waals surface area contributed by atoms with Gasteiger partial charge in [-0.3, -0.25) is 20.3 Å². The van der Waals surface area contributed by atoms with Crippen LogP contribution in [0.4, 0.5) is 21.5 Å². The minimum Gasteiger partial charge on any atom is -0.278 e. The van der Waals surface area contributed by atoms with Crippen molar-refractivity contribution in [2.45, 2.75) is 11.8 Å². The first kappa shape index (κ1) is 22.2. The second kappa shape index (κ2) is 9.11. The Bertz CT molecular complexity index is 1260. The quantitative estimate of drug-likeness (QED) is 0.290. The smallest absolute Gasteiger partial charge is 0.270 e. The summed E-state index contributed by atoms with van der Waals surface area (Å²) in [5.41, 5.74) is 3.38. The molecule has 0 atom stereocenters. The van der Waals surface area contributed by atoms with Crippen molar-refractivity contribution in [1.29, 1.82) is 0 Å². The number of rotatable bonds is 7. The third-order valence-corrected chi connectivity index (χ3v) is 5.92. The molecule has 0 saturated heterocycles. The Morgan fingerprint density at radius 2 is 1.74 bits per heavy atom. The Labute approximate surface area is 182 Å². The van der Waals surface area contributed by atoms with Gasteiger partial charge in [0.15, 0.2) is 0 Å². The predicted molar refractivity (Wildman–Crippen MR) is 118 cm³/mol. The van der Waals surface area contributed by atoms with Crippen LogP contribution in [0.1, 0.15) is 12.5 Å². The van der Waals surface area contributed by atoms with E-state index in [9.17, 15) is 22.9 Å². The van der Waals surface area contributed by atoms with Crippen molar-refractivity contribution in [3.63, 3.8) is 0 Å². The summed E-state index contributed by atoms with van der Waals surface area (Å²) in [5, 5.41) is 15.5. The molecule has 3 aromatic rings. The molecular weight excluding hydrogens is 447 g/mol. The topological polar surface area (TPSA) is 114 Å². The first-order valence-corrected chi connectivity index (χ1v) is 10.7. The van der Waals surface area contributed by atoms with Crippen LogP contribution in [0.5, 0.6) is 0 Å². The Balaban J connectivity index is 1.99. The minimum absolute atomic E-state index is 0.00613. The minimum atomic E-state index is -4.26. The van der Waals surface area contributed by atoms with Gasteiger partial charge in [0.05, 0.1) is 27.0 Å². The van der Waals surface area contributed by atoms with E-state index in [1.165, 1.54) is 42.5 Å². The molecule has 2 N–H and O–H groups in total. The number of hydrogen-bond donors (Lipinski definition) is 2. The fraction of sp³-hybridized carbons (Fsp3) is 0.0500. The monoisotopic (exact) mass is 462 g/mol. The lowest BCUT2D eigenvalue weighted by Gasteiger charge is -2.13. The molecule has 11 heteroatoms. The molecule has 0 aliphatic heterocycles. The maximum atomic E-state index is 13.1. The van der Waals surface area contributed by atoms with E-state index in [1.54, 1.807) is 19.1 Å². The van der Waals surface area contributed by atoms with Crippen molar-refractivity contribution in [2.75, 3.05) is 10.1 Å². The number of non-ortho nitro benzene ring substituents is 1. The van der Waals surface area contributed by atoms with E-state index in [1.807, 2.05) is 0 Å². The average molecular weight is 463 g/mol. The van der Waals surface area contributed by atoms with Gasteiger partial charge in [0.25, 0.3) is 15.7 Å². The van der Waals surface area contributed by atoms with E-state index in [-0.39, 0.29) is 16.4 Å². The molecule has 0 aliphatic carbocycles. The van der Waals surface area contributed by atoms with E-state index >= 15 is 0 Å². The molecule has 3 aromatic carbocycles. The zero-order valence-electron chi connectivity index (χ0n) is 16.0. The molecule has 0 heterocycles. The number of hydrazone groups is 1. The first-order valence-electron chi connectivity index (χ1n) is 8.79. The molecule has 160 valence electrons. The Morgan fingerprint density at radius 1 is 1.06 bits per heavy atom. The first-order chi connectivity index (χ1) is 14.7. The lowest BCUT2D eigenvalue weighted by atomic mass is 10.1. The Morgan fingerprint density at radius 3 is 2.39 bits per heavy atom. The zero-order valence-corrected chi connectivity index (χ0v) is 17.6. The molecule has 31 heavy (non-hydrogen) atoms. The largest absolute Gasteiger partial charge is 0.278 e. The molecule has 0 unspecified atom stereocenters. The summed E-state index contributed by atoms with van der Waals surface area (Å²) in [4.78, 5) is 10.1. The van der Waals surface area contributed by atoms with Crippen molar-refractivity contribution >= 4 is 44.4 Å². The van der Waals surface area contributed by atoms with E-state index in [0.717, 1.165) is 12.1 Å². The van der Waals surface area contributed by atoms with Gasteiger partial charge in [-0.2, -0.15) is 5.10 Å². The number of sulfonamides is 1. The zero-order chi connectivity index (χ0) is 22.6. The van der Waals surface area contributed by atoms with E-state index < -0.39 is 31.3 Å². The normalized spacial score (nSPS) is 11.8. The summed E-state index contributed by atoms with van der Waals surface area (Å²) >= 11 is 6.02. The molecule has 0 bridgehead atoms. The number of halogens is 2. The maximum Gasteiger partial charge on any atom is 0.270 e. The number of para-hydroxylation sites is 1. The summed E-state index contributed by atoms with van der Waals surface area (Å²) < 4.78 is 41.4. The third kappa shape index (κ3) is 5.36. The maximum absolute atomic E-state index is 13.1. The molecule has 0 aliphatic rings. The van der Waals surface area contributed by atoms with Gasteiger partial charge in [-0.25, -0.2) is 12.8 Å². The fourth-order valence-electron chi connectivity index (χ4n) is 2.58. The van der Waals surface area contributed by atoms with Gasteiger partial charge in [0.1, 0.15) is 10.7 Å². The fourth-order valence-corrected chi connectivity index (χ4v) is 4.08. The van der Waals surface area contributed by atoms with E-state index in [4.69, 9.17) is 11.6 Å². The number of anilines is 2. The molecule has 0 fully saturated rings. The van der Waals surface area contributed by atoms with Crippen molar-refractivity contribution in [3.8, 4) is 0 Å². The van der Waals surface area contributed by atoms with Gasteiger partial charge in [0, 0.05) is 12.1 Å². The molecule has 0 amide bonds. The van der Waals surface area contributed by atoms with Crippen LogP contribution in [-0.2, 0) is 10.0 Å². The van der Waals surface area contributed by atoms with Crippen LogP contribution in [-0.4, -0.2) is 19.1 Å². The van der Waals surface area contributed by atoms with Crippen molar-refractivity contribution in [3.05, 3.63) is 93.2 Å². The summed E-state index contributed by atoms with van der Waals surface area (Å²) in [7, 11) is -4.26. The second-order valence-electron chi connectivity index (χ2n) is 6.34. The molecule has 8 nitrogen and oxygen atoms in total. The highest BCUT2D eigenvalue weighted by Crippen LogP contribution is 2.30. The van der Waals surface area contributed by atoms with Gasteiger partial charge in [-0.15, -0.1) is 0 Å². The average Bonchev–Trinajstić information content (AvgIpc) is 2.74. The van der Waals surface area contributed by atoms with Crippen molar-refractivity contribution in [1.82, 2.24) is 0 Å². The number of nitro groups is 1. The third-order valence-electron chi connectivity index (χ3n) is 4.19. The van der Waals surface area contributed by atoms with E-state index in [0.29, 0.717) is 11.3 Å². The van der Waals surface area contributed by atoms with Crippen LogP contribution in [0, 0.1) is 15.9 Å². The number of benzene rings is 3. The van der Waals surface area contributed by atoms with Gasteiger partial charge >= 0.3 is 0 Å². The number of hydrogen-bond acceptors (Lipinski definition) is 6. The number of nitro benzene ring substituents is 1. The van der Waals surface area contributed by atoms with Gasteiger partial charge in [-0.1, -0.05) is 35.9 Å². The lowest BCUT2D eigenvalue weighted by molar-refractivity contribution is -0.385. The van der Waals surface area contributed by atoms with Crippen LogP contribution in [0.25, 0.3) is 0 Å². The predicted octanol–water partition coefficient (Wildman–Crippen LogP) is 5.02. The highest BCUT2D eigenvalue weighted by atomic mass is 35.5. The summed E-state index contributed by atoms with van der Waals surface area (Å²) in [6.07, 6.45) is 0. The Hall–Kier alpha value is -3.50. The number of nitrogens with zero attached hydrogens (tertiary/aromatic N) is 2. The highest BCUT2D eigenvalue weighted by Gasteiger charge is 2.23. The molecule has 0 spiro atoms. The standard InChI is InChI=1S/C20H16ClFN4O4S/c1-13(14-6-8-15(22)9-7-14)23-24-19-11-10-16(26(27)28)12-20(19)31(29,30)25-18-5-3-2-4-17(18)21/h2-12,24-25H,1H3. The van der Waals surface area contributed by atoms with Crippen molar-refractivity contribution < 1.29 is 17.7 Å². The van der Waals surface area contributed by atoms with Crippen molar-refractivity contribution in [2.24, 2.45) is 5.10 Å². The van der Waals surface area contributed by atoms with Crippen LogP contribution >= 0.6 is 11.6 Å².